The Bertz CT molecular complexity index is 202. The van der Waals surface area contributed by atoms with Gasteiger partial charge in [0.1, 0.15) is 0 Å². The summed E-state index contributed by atoms with van der Waals surface area (Å²) < 4.78 is 11.5. The number of hydrogen-bond acceptors (Lipinski definition) is 3. The molecule has 0 radical (unpaired) electrons. The van der Waals surface area contributed by atoms with Gasteiger partial charge in [0.05, 0.1) is 18.3 Å². The zero-order valence-electron chi connectivity index (χ0n) is 10.7. The molecule has 0 aromatic rings. The minimum absolute atomic E-state index is 0.445. The van der Waals surface area contributed by atoms with Crippen molar-refractivity contribution in [2.75, 3.05) is 26.7 Å². The highest BCUT2D eigenvalue weighted by atomic mass is 16.5. The van der Waals surface area contributed by atoms with Gasteiger partial charge in [-0.25, -0.2) is 0 Å². The van der Waals surface area contributed by atoms with E-state index in [1.165, 1.54) is 45.3 Å². The number of methoxy groups -OCH3 is 1. The molecule has 1 heterocycles. The largest absolute Gasteiger partial charge is 0.381 e. The standard InChI is InChI=1S/C13H25NO2/c1-3-14-8-6-11(7-9-14)16-13-5-4-12(10-13)15-2/h11-13H,3-10H2,1-2H3/t12-,13-/m1/s1. The maximum Gasteiger partial charge on any atom is 0.0604 e. The van der Waals surface area contributed by atoms with Crippen molar-refractivity contribution < 1.29 is 9.47 Å². The van der Waals surface area contributed by atoms with E-state index in [4.69, 9.17) is 9.47 Å². The molecule has 3 heteroatoms. The Labute approximate surface area is 99.1 Å². The van der Waals surface area contributed by atoms with E-state index in [1.807, 2.05) is 7.11 Å². The highest BCUT2D eigenvalue weighted by Crippen LogP contribution is 2.27. The van der Waals surface area contributed by atoms with Crippen molar-refractivity contribution in [1.82, 2.24) is 4.90 Å². The van der Waals surface area contributed by atoms with Crippen molar-refractivity contribution in [3.05, 3.63) is 0 Å². The molecule has 2 rings (SSSR count). The Hall–Kier alpha value is -0.120. The van der Waals surface area contributed by atoms with Gasteiger partial charge < -0.3 is 14.4 Å². The van der Waals surface area contributed by atoms with E-state index in [0.717, 1.165) is 6.42 Å². The van der Waals surface area contributed by atoms with Crippen LogP contribution in [0.3, 0.4) is 0 Å². The maximum atomic E-state index is 6.17. The highest BCUT2D eigenvalue weighted by Gasteiger charge is 2.28. The fraction of sp³-hybridized carbons (Fsp3) is 1.00. The van der Waals surface area contributed by atoms with Crippen molar-refractivity contribution in [3.63, 3.8) is 0 Å². The zero-order valence-corrected chi connectivity index (χ0v) is 10.7. The van der Waals surface area contributed by atoms with Crippen molar-refractivity contribution >= 4 is 0 Å². The molecule has 16 heavy (non-hydrogen) atoms. The summed E-state index contributed by atoms with van der Waals surface area (Å²) in [5, 5.41) is 0. The average molecular weight is 227 g/mol. The summed E-state index contributed by atoms with van der Waals surface area (Å²) in [7, 11) is 1.81. The minimum atomic E-state index is 0.445. The lowest BCUT2D eigenvalue weighted by Crippen LogP contribution is -2.38. The van der Waals surface area contributed by atoms with Gasteiger partial charge in [-0.15, -0.1) is 0 Å². The second-order valence-electron chi connectivity index (χ2n) is 5.06. The van der Waals surface area contributed by atoms with Crippen LogP contribution in [0.25, 0.3) is 0 Å². The molecule has 2 aliphatic rings. The molecular weight excluding hydrogens is 202 g/mol. The van der Waals surface area contributed by atoms with E-state index in [-0.39, 0.29) is 0 Å². The van der Waals surface area contributed by atoms with E-state index in [1.54, 1.807) is 0 Å². The molecule has 1 saturated carbocycles. The minimum Gasteiger partial charge on any atom is -0.381 e. The third-order valence-electron chi connectivity index (χ3n) is 4.04. The first kappa shape index (κ1) is 12.3. The fourth-order valence-corrected chi connectivity index (χ4v) is 2.87. The molecule has 0 N–H and O–H groups in total. The van der Waals surface area contributed by atoms with Gasteiger partial charge in [0.15, 0.2) is 0 Å². The maximum absolute atomic E-state index is 6.17. The van der Waals surface area contributed by atoms with Gasteiger partial charge in [0.2, 0.25) is 0 Å². The number of likely N-dealkylation sites (tertiary alicyclic amines) is 1. The molecule has 3 nitrogen and oxygen atoms in total. The fourth-order valence-electron chi connectivity index (χ4n) is 2.87. The van der Waals surface area contributed by atoms with Crippen molar-refractivity contribution in [3.8, 4) is 0 Å². The molecule has 0 aromatic carbocycles. The molecule has 2 atom stereocenters. The number of ether oxygens (including phenoxy) is 2. The van der Waals surface area contributed by atoms with Gasteiger partial charge in [0, 0.05) is 20.2 Å². The predicted molar refractivity (Wildman–Crippen MR) is 64.7 cm³/mol. The van der Waals surface area contributed by atoms with E-state index in [2.05, 4.69) is 11.8 Å². The van der Waals surface area contributed by atoms with Crippen LogP contribution in [-0.2, 0) is 9.47 Å². The van der Waals surface area contributed by atoms with Crippen LogP contribution in [-0.4, -0.2) is 50.0 Å². The molecule has 0 bridgehead atoms. The number of nitrogens with zero attached hydrogens (tertiary/aromatic N) is 1. The summed E-state index contributed by atoms with van der Waals surface area (Å²) in [6.07, 6.45) is 7.29. The molecule has 0 unspecified atom stereocenters. The molecular formula is C13H25NO2. The topological polar surface area (TPSA) is 21.7 Å². The lowest BCUT2D eigenvalue weighted by atomic mass is 10.1. The quantitative estimate of drug-likeness (QED) is 0.734. The van der Waals surface area contributed by atoms with Crippen LogP contribution in [0, 0.1) is 0 Å². The van der Waals surface area contributed by atoms with Gasteiger partial charge >= 0.3 is 0 Å². The number of piperidine rings is 1. The Morgan fingerprint density at radius 2 is 1.69 bits per heavy atom. The van der Waals surface area contributed by atoms with Crippen LogP contribution in [0.15, 0.2) is 0 Å². The molecule has 0 spiro atoms. The number of rotatable bonds is 4. The monoisotopic (exact) mass is 227 g/mol. The summed E-state index contributed by atoms with van der Waals surface area (Å²) in [5.41, 5.74) is 0. The second-order valence-corrected chi connectivity index (χ2v) is 5.06. The van der Waals surface area contributed by atoms with E-state index in [9.17, 15) is 0 Å². The first-order valence-electron chi connectivity index (χ1n) is 6.72. The average Bonchev–Trinajstić information content (AvgIpc) is 2.78. The van der Waals surface area contributed by atoms with Gasteiger partial charge in [-0.2, -0.15) is 0 Å². The van der Waals surface area contributed by atoms with E-state index < -0.39 is 0 Å². The van der Waals surface area contributed by atoms with Crippen LogP contribution >= 0.6 is 0 Å². The van der Waals surface area contributed by atoms with Gasteiger partial charge in [-0.3, -0.25) is 0 Å². The molecule has 1 aliphatic heterocycles. The van der Waals surface area contributed by atoms with Crippen molar-refractivity contribution in [2.45, 2.75) is 57.3 Å². The van der Waals surface area contributed by atoms with Crippen LogP contribution in [0.1, 0.15) is 39.0 Å². The second kappa shape index (κ2) is 5.99. The van der Waals surface area contributed by atoms with Crippen molar-refractivity contribution in [1.29, 1.82) is 0 Å². The highest BCUT2D eigenvalue weighted by molar-refractivity contribution is 4.79. The SMILES string of the molecule is CCN1CCC(O[C@@H]2CC[C@@H](OC)C2)CC1. The summed E-state index contributed by atoms with van der Waals surface area (Å²) in [4.78, 5) is 2.51. The molecule has 94 valence electrons. The van der Waals surface area contributed by atoms with Crippen LogP contribution in [0.2, 0.25) is 0 Å². The lowest BCUT2D eigenvalue weighted by molar-refractivity contribution is -0.0441. The normalized spacial score (nSPS) is 33.4. The zero-order chi connectivity index (χ0) is 11.4. The Morgan fingerprint density at radius 3 is 2.25 bits per heavy atom. The van der Waals surface area contributed by atoms with E-state index in [0.29, 0.717) is 18.3 Å². The van der Waals surface area contributed by atoms with Crippen molar-refractivity contribution in [2.24, 2.45) is 0 Å². The molecule has 0 amide bonds. The van der Waals surface area contributed by atoms with Gasteiger partial charge in [-0.1, -0.05) is 6.92 Å². The smallest absolute Gasteiger partial charge is 0.0604 e. The van der Waals surface area contributed by atoms with Gasteiger partial charge in [0.25, 0.3) is 0 Å². The summed E-state index contributed by atoms with van der Waals surface area (Å²) in [6, 6.07) is 0. The Morgan fingerprint density at radius 1 is 1.00 bits per heavy atom. The van der Waals surface area contributed by atoms with Crippen LogP contribution in [0.4, 0.5) is 0 Å². The summed E-state index contributed by atoms with van der Waals surface area (Å²) in [5.74, 6) is 0. The third-order valence-corrected chi connectivity index (χ3v) is 4.04. The summed E-state index contributed by atoms with van der Waals surface area (Å²) >= 11 is 0. The Kier molecular flexibility index (Phi) is 4.62. The molecule has 1 saturated heterocycles. The first-order chi connectivity index (χ1) is 7.81. The van der Waals surface area contributed by atoms with Crippen LogP contribution in [0.5, 0.6) is 0 Å². The number of hydrogen-bond donors (Lipinski definition) is 0. The Balaban J connectivity index is 1.67. The molecule has 2 fully saturated rings. The van der Waals surface area contributed by atoms with E-state index >= 15 is 0 Å². The van der Waals surface area contributed by atoms with Crippen LogP contribution < -0.4 is 0 Å². The molecule has 0 aromatic heterocycles. The molecule has 1 aliphatic carbocycles. The lowest BCUT2D eigenvalue weighted by Gasteiger charge is -2.32. The third kappa shape index (κ3) is 3.19. The van der Waals surface area contributed by atoms with Gasteiger partial charge in [-0.05, 0) is 38.6 Å². The predicted octanol–water partition coefficient (Wildman–Crippen LogP) is 2.05. The summed E-state index contributed by atoms with van der Waals surface area (Å²) in [6.45, 7) is 5.84. The first-order valence-corrected chi connectivity index (χ1v) is 6.72.